The smallest absolute Gasteiger partial charge is 0.251 e. The zero-order valence-electron chi connectivity index (χ0n) is 15.7. The standard InChI is InChI=1S/C21H23FN4O/c1-14-11-19(23)26(25-14)18-9-7-15(8-10-18)20(27)24-13-21(2,3)16-5-4-6-17(22)12-16/h4-12H,13,23H2,1-3H3,(H,24,27). The zero-order chi connectivity index (χ0) is 19.6. The molecule has 0 spiro atoms. The van der Waals surface area contributed by atoms with Gasteiger partial charge in [-0.3, -0.25) is 4.79 Å². The molecule has 0 fully saturated rings. The van der Waals surface area contributed by atoms with Gasteiger partial charge in [-0.2, -0.15) is 5.10 Å². The van der Waals surface area contributed by atoms with Crippen LogP contribution in [0.3, 0.4) is 0 Å². The van der Waals surface area contributed by atoms with Gasteiger partial charge in [-0.25, -0.2) is 9.07 Å². The van der Waals surface area contributed by atoms with Gasteiger partial charge in [0.1, 0.15) is 11.6 Å². The monoisotopic (exact) mass is 366 g/mol. The summed E-state index contributed by atoms with van der Waals surface area (Å²) in [5, 5.41) is 7.25. The van der Waals surface area contributed by atoms with Crippen molar-refractivity contribution in [1.29, 1.82) is 0 Å². The van der Waals surface area contributed by atoms with Crippen LogP contribution >= 0.6 is 0 Å². The Balaban J connectivity index is 1.68. The van der Waals surface area contributed by atoms with Crippen molar-refractivity contribution < 1.29 is 9.18 Å². The van der Waals surface area contributed by atoms with Gasteiger partial charge in [0.15, 0.2) is 0 Å². The lowest BCUT2D eigenvalue weighted by Crippen LogP contribution is -2.36. The first kappa shape index (κ1) is 18.6. The fourth-order valence-corrected chi connectivity index (χ4v) is 2.90. The zero-order valence-corrected chi connectivity index (χ0v) is 15.7. The molecule has 0 saturated heterocycles. The molecule has 5 nitrogen and oxygen atoms in total. The second kappa shape index (κ2) is 7.23. The number of hydrogen-bond donors (Lipinski definition) is 2. The Hall–Kier alpha value is -3.15. The molecule has 0 unspecified atom stereocenters. The average molecular weight is 366 g/mol. The number of rotatable bonds is 5. The SMILES string of the molecule is Cc1cc(N)n(-c2ccc(C(=O)NCC(C)(C)c3cccc(F)c3)cc2)n1. The first-order valence-electron chi connectivity index (χ1n) is 8.73. The number of aryl methyl sites for hydroxylation is 1. The Labute approximate surface area is 158 Å². The third-order valence-corrected chi connectivity index (χ3v) is 4.53. The van der Waals surface area contributed by atoms with Crippen LogP contribution in [0.25, 0.3) is 5.69 Å². The van der Waals surface area contributed by atoms with Crippen LogP contribution in [-0.2, 0) is 5.41 Å². The van der Waals surface area contributed by atoms with E-state index in [1.807, 2.05) is 26.8 Å². The normalized spacial score (nSPS) is 11.4. The Morgan fingerprint density at radius 1 is 1.19 bits per heavy atom. The Morgan fingerprint density at radius 3 is 2.48 bits per heavy atom. The highest BCUT2D eigenvalue weighted by Crippen LogP contribution is 2.23. The maximum atomic E-state index is 13.5. The summed E-state index contributed by atoms with van der Waals surface area (Å²) < 4.78 is 15.1. The number of halogens is 1. The van der Waals surface area contributed by atoms with Crippen molar-refractivity contribution in [2.24, 2.45) is 0 Å². The van der Waals surface area contributed by atoms with Crippen LogP contribution in [0, 0.1) is 12.7 Å². The van der Waals surface area contributed by atoms with Gasteiger partial charge in [-0.05, 0) is 48.9 Å². The largest absolute Gasteiger partial charge is 0.384 e. The number of nitrogens with zero attached hydrogens (tertiary/aromatic N) is 2. The molecule has 3 N–H and O–H groups in total. The van der Waals surface area contributed by atoms with E-state index in [-0.39, 0.29) is 11.7 Å². The Morgan fingerprint density at radius 2 is 1.89 bits per heavy atom. The summed E-state index contributed by atoms with van der Waals surface area (Å²) in [6.45, 7) is 6.19. The number of hydrogen-bond acceptors (Lipinski definition) is 3. The minimum Gasteiger partial charge on any atom is -0.384 e. The summed E-state index contributed by atoms with van der Waals surface area (Å²) in [5.41, 5.74) is 8.53. The van der Waals surface area contributed by atoms with E-state index >= 15 is 0 Å². The van der Waals surface area contributed by atoms with Crippen LogP contribution in [0.15, 0.2) is 54.6 Å². The number of benzene rings is 2. The maximum absolute atomic E-state index is 13.5. The van der Waals surface area contributed by atoms with E-state index in [0.29, 0.717) is 17.9 Å². The first-order valence-corrected chi connectivity index (χ1v) is 8.73. The van der Waals surface area contributed by atoms with E-state index in [0.717, 1.165) is 16.9 Å². The molecule has 1 amide bonds. The van der Waals surface area contributed by atoms with Gasteiger partial charge < -0.3 is 11.1 Å². The second-order valence-corrected chi connectivity index (χ2v) is 7.25. The molecule has 0 aliphatic heterocycles. The van der Waals surface area contributed by atoms with Crippen LogP contribution in [-0.4, -0.2) is 22.2 Å². The third kappa shape index (κ3) is 4.16. The van der Waals surface area contributed by atoms with Crippen molar-refractivity contribution in [3.05, 3.63) is 77.2 Å². The summed E-state index contributed by atoms with van der Waals surface area (Å²) in [6.07, 6.45) is 0. The fourth-order valence-electron chi connectivity index (χ4n) is 2.90. The topological polar surface area (TPSA) is 72.9 Å². The molecule has 27 heavy (non-hydrogen) atoms. The van der Waals surface area contributed by atoms with Crippen LogP contribution in [0.1, 0.15) is 35.5 Å². The van der Waals surface area contributed by atoms with Crippen LogP contribution in [0.2, 0.25) is 0 Å². The Bertz CT molecular complexity index is 961. The van der Waals surface area contributed by atoms with Gasteiger partial charge in [0.2, 0.25) is 0 Å². The van der Waals surface area contributed by atoms with E-state index in [9.17, 15) is 9.18 Å². The molecular weight excluding hydrogens is 343 g/mol. The van der Waals surface area contributed by atoms with E-state index in [1.54, 1.807) is 41.1 Å². The molecule has 0 radical (unpaired) electrons. The minimum absolute atomic E-state index is 0.185. The molecule has 140 valence electrons. The van der Waals surface area contributed by atoms with Gasteiger partial charge >= 0.3 is 0 Å². The third-order valence-electron chi connectivity index (χ3n) is 4.53. The highest BCUT2D eigenvalue weighted by Gasteiger charge is 2.22. The summed E-state index contributed by atoms with van der Waals surface area (Å²) in [6, 6.07) is 15.3. The van der Waals surface area contributed by atoms with Crippen molar-refractivity contribution in [3.8, 4) is 5.69 Å². The molecular formula is C21H23FN4O. The molecule has 0 bridgehead atoms. The van der Waals surface area contributed by atoms with Crippen molar-refractivity contribution >= 4 is 11.7 Å². The maximum Gasteiger partial charge on any atom is 0.251 e. The number of carbonyl (C=O) groups is 1. The molecule has 3 rings (SSSR count). The minimum atomic E-state index is -0.390. The number of amides is 1. The van der Waals surface area contributed by atoms with E-state index < -0.39 is 5.41 Å². The second-order valence-electron chi connectivity index (χ2n) is 7.25. The van der Waals surface area contributed by atoms with Crippen LogP contribution < -0.4 is 11.1 Å². The lowest BCUT2D eigenvalue weighted by atomic mass is 9.84. The highest BCUT2D eigenvalue weighted by molar-refractivity contribution is 5.94. The lowest BCUT2D eigenvalue weighted by Gasteiger charge is -2.25. The van der Waals surface area contributed by atoms with Gasteiger partial charge in [-0.1, -0.05) is 26.0 Å². The average Bonchev–Trinajstić information content (AvgIpc) is 2.98. The molecule has 3 aromatic rings. The van der Waals surface area contributed by atoms with E-state index in [1.165, 1.54) is 12.1 Å². The van der Waals surface area contributed by atoms with E-state index in [2.05, 4.69) is 10.4 Å². The van der Waals surface area contributed by atoms with E-state index in [4.69, 9.17) is 5.73 Å². The van der Waals surface area contributed by atoms with Gasteiger partial charge in [-0.15, -0.1) is 0 Å². The molecule has 6 heteroatoms. The van der Waals surface area contributed by atoms with Crippen molar-refractivity contribution in [1.82, 2.24) is 15.1 Å². The lowest BCUT2D eigenvalue weighted by molar-refractivity contribution is 0.0945. The Kier molecular flexibility index (Phi) is 4.99. The summed E-state index contributed by atoms with van der Waals surface area (Å²) in [4.78, 5) is 12.5. The van der Waals surface area contributed by atoms with Crippen LogP contribution in [0.4, 0.5) is 10.2 Å². The van der Waals surface area contributed by atoms with Gasteiger partial charge in [0.25, 0.3) is 5.91 Å². The summed E-state index contributed by atoms with van der Waals surface area (Å²) in [7, 11) is 0. The predicted molar refractivity (Wildman–Crippen MR) is 104 cm³/mol. The molecule has 0 atom stereocenters. The number of nitrogens with two attached hydrogens (primary N) is 1. The number of aromatic nitrogens is 2. The molecule has 0 aliphatic carbocycles. The van der Waals surface area contributed by atoms with Crippen LogP contribution in [0.5, 0.6) is 0 Å². The predicted octanol–water partition coefficient (Wildman–Crippen LogP) is 3.61. The number of nitrogens with one attached hydrogen (secondary N) is 1. The molecule has 2 aromatic carbocycles. The summed E-state index contributed by atoms with van der Waals surface area (Å²) in [5.74, 6) is 0.0767. The summed E-state index contributed by atoms with van der Waals surface area (Å²) >= 11 is 0. The molecule has 0 saturated carbocycles. The van der Waals surface area contributed by atoms with Gasteiger partial charge in [0, 0.05) is 23.6 Å². The van der Waals surface area contributed by atoms with Crippen molar-refractivity contribution in [2.75, 3.05) is 12.3 Å². The first-order chi connectivity index (χ1) is 12.8. The molecule has 1 aromatic heterocycles. The quantitative estimate of drug-likeness (QED) is 0.724. The number of carbonyl (C=O) groups excluding carboxylic acids is 1. The van der Waals surface area contributed by atoms with Crippen molar-refractivity contribution in [3.63, 3.8) is 0 Å². The van der Waals surface area contributed by atoms with Crippen molar-refractivity contribution in [2.45, 2.75) is 26.2 Å². The highest BCUT2D eigenvalue weighted by atomic mass is 19.1. The fraction of sp³-hybridized carbons (Fsp3) is 0.238. The molecule has 1 heterocycles. The number of nitrogen functional groups attached to an aromatic ring is 1. The molecule has 0 aliphatic rings. The van der Waals surface area contributed by atoms with Gasteiger partial charge in [0.05, 0.1) is 11.4 Å². The number of anilines is 1.